The van der Waals surface area contributed by atoms with Gasteiger partial charge < -0.3 is 0 Å². The van der Waals surface area contributed by atoms with Gasteiger partial charge in [0.1, 0.15) is 0 Å². The predicted molar refractivity (Wildman–Crippen MR) is 106 cm³/mol. The maximum atomic E-state index is 6.40. The van der Waals surface area contributed by atoms with Gasteiger partial charge in [0.05, 0.1) is 0 Å². The van der Waals surface area contributed by atoms with Crippen LogP contribution in [0.4, 0.5) is 0 Å². The molecule has 23 heavy (non-hydrogen) atoms. The average Bonchev–Trinajstić information content (AvgIpc) is 2.45. The Morgan fingerprint density at radius 1 is 0.565 bits per heavy atom. The number of fused-ring (bicyclic) bond motifs is 1. The normalized spacial score (nSPS) is 14.3. The van der Waals surface area contributed by atoms with Gasteiger partial charge in [0.2, 0.25) is 8.13 Å². The maximum absolute atomic E-state index is 6.40. The zero-order valence-corrected chi connectivity index (χ0v) is 17.7. The summed E-state index contributed by atoms with van der Waals surface area (Å²) < 4.78 is -8.76. The maximum Gasteiger partial charge on any atom is 0.226 e. The van der Waals surface area contributed by atoms with E-state index in [1.165, 1.54) is 0 Å². The van der Waals surface area contributed by atoms with Crippen molar-refractivity contribution in [3.8, 4) is 0 Å². The number of hydrogen-bond acceptors (Lipinski definition) is 0. The van der Waals surface area contributed by atoms with Gasteiger partial charge in [-0.15, -0.1) is 0 Å². The van der Waals surface area contributed by atoms with Gasteiger partial charge >= 0.3 is 0 Å². The van der Waals surface area contributed by atoms with Crippen LogP contribution in [-0.4, -0.2) is 12.5 Å². The molecule has 0 amide bonds. The first-order chi connectivity index (χ1) is 10.3. The highest BCUT2D eigenvalue weighted by Gasteiger charge is 2.68. The summed E-state index contributed by atoms with van der Waals surface area (Å²) in [5, 5.41) is 1.84. The van der Waals surface area contributed by atoms with E-state index in [-0.39, 0.29) is 0 Å². The van der Waals surface area contributed by atoms with E-state index in [9.17, 15) is 0 Å². The van der Waals surface area contributed by atoms with E-state index in [0.29, 0.717) is 5.56 Å². The molecule has 0 heterocycles. The van der Waals surface area contributed by atoms with Crippen LogP contribution in [0.1, 0.15) is 5.56 Å². The van der Waals surface area contributed by atoms with Crippen LogP contribution in [0.25, 0.3) is 10.8 Å². The molecule has 0 nitrogen and oxygen atoms in total. The zero-order valence-electron chi connectivity index (χ0n) is 10.9. The van der Waals surface area contributed by atoms with Crippen LogP contribution < -0.4 is 0 Å². The van der Waals surface area contributed by atoms with E-state index in [4.69, 9.17) is 104 Å². The third kappa shape index (κ3) is 3.59. The van der Waals surface area contributed by atoms with Gasteiger partial charge in [0.15, 0.2) is 8.67 Å². The van der Waals surface area contributed by atoms with Crippen LogP contribution in [0.5, 0.6) is 0 Å². The Balaban J connectivity index is 2.58. The van der Waals surface area contributed by atoms with E-state index in [1.807, 2.05) is 24.3 Å². The quantitative estimate of drug-likeness (QED) is 0.378. The minimum Gasteiger partial charge on any atom is -0.0943 e. The molecule has 2 rings (SSSR count). The molecule has 0 aliphatic heterocycles. The largest absolute Gasteiger partial charge is 0.226 e. The first kappa shape index (κ1) is 20.6. The molecular weight excluding hydrogens is 487 g/mol. The van der Waals surface area contributed by atoms with E-state index >= 15 is 0 Å². The lowest BCUT2D eigenvalue weighted by atomic mass is 10.0. The molecule has 2 aromatic rings. The second-order valence-corrected chi connectivity index (χ2v) is 11.0. The molecule has 0 aromatic heterocycles. The topological polar surface area (TPSA) is 0 Å². The van der Waals surface area contributed by atoms with Crippen molar-refractivity contribution < 1.29 is 0 Å². The molecule has 126 valence electrons. The fourth-order valence-corrected chi connectivity index (χ4v) is 4.15. The molecule has 0 aliphatic carbocycles. The van der Waals surface area contributed by atoms with E-state index < -0.39 is 16.8 Å². The Hall–Kier alpha value is 1.31. The molecule has 0 fully saturated rings. The summed E-state index contributed by atoms with van der Waals surface area (Å²) >= 11 is 54.9. The summed E-state index contributed by atoms with van der Waals surface area (Å²) in [4.78, 5) is 0. The molecule has 0 unspecified atom stereocenters. The van der Waals surface area contributed by atoms with Crippen molar-refractivity contribution in [1.82, 2.24) is 0 Å². The number of rotatable bonds is 3. The van der Waals surface area contributed by atoms with Gasteiger partial charge in [-0.3, -0.25) is 0 Å². The standard InChI is InChI=1S/C14H7Cl9/c15-11(16,12(17,18)13(19,20)14(21,22)23)10-6-5-8-3-1-2-4-9(8)7-10/h1-7H. The van der Waals surface area contributed by atoms with Gasteiger partial charge in [-0.05, 0) is 22.4 Å². The third-order valence-electron chi connectivity index (χ3n) is 3.26. The highest BCUT2D eigenvalue weighted by molar-refractivity contribution is 6.80. The molecule has 0 spiro atoms. The van der Waals surface area contributed by atoms with E-state index in [1.54, 1.807) is 18.2 Å². The smallest absolute Gasteiger partial charge is 0.0943 e. The molecule has 0 saturated carbocycles. The summed E-state index contributed by atoms with van der Waals surface area (Å²) in [5.74, 6) is 0. The Morgan fingerprint density at radius 3 is 1.61 bits per heavy atom. The van der Waals surface area contributed by atoms with Crippen molar-refractivity contribution in [3.63, 3.8) is 0 Å². The molecule has 0 radical (unpaired) electrons. The third-order valence-corrected chi connectivity index (χ3v) is 8.73. The van der Waals surface area contributed by atoms with Crippen LogP contribution in [0.15, 0.2) is 42.5 Å². The second-order valence-electron chi connectivity index (χ2n) is 4.78. The van der Waals surface area contributed by atoms with Gasteiger partial charge in [-0.1, -0.05) is 141 Å². The molecule has 0 saturated heterocycles. The van der Waals surface area contributed by atoms with Gasteiger partial charge in [-0.2, -0.15) is 0 Å². The molecule has 2 aromatic carbocycles. The van der Waals surface area contributed by atoms with Crippen LogP contribution in [0.2, 0.25) is 0 Å². The fraction of sp³-hybridized carbons (Fsp3) is 0.286. The lowest BCUT2D eigenvalue weighted by Gasteiger charge is -2.44. The van der Waals surface area contributed by atoms with E-state index in [0.717, 1.165) is 10.8 Å². The lowest BCUT2D eigenvalue weighted by molar-refractivity contribution is 0.600. The summed E-state index contributed by atoms with van der Waals surface area (Å²) in [6, 6.07) is 12.7. The fourth-order valence-electron chi connectivity index (χ4n) is 1.94. The van der Waals surface area contributed by atoms with Crippen LogP contribution in [0, 0.1) is 0 Å². The second kappa shape index (κ2) is 6.80. The molecule has 0 N–H and O–H groups in total. The van der Waals surface area contributed by atoms with E-state index in [2.05, 4.69) is 0 Å². The van der Waals surface area contributed by atoms with Crippen molar-refractivity contribution >= 4 is 115 Å². The highest BCUT2D eigenvalue weighted by Crippen LogP contribution is 2.65. The van der Waals surface area contributed by atoms with Crippen molar-refractivity contribution in [3.05, 3.63) is 48.0 Å². The van der Waals surface area contributed by atoms with Crippen LogP contribution in [0.3, 0.4) is 0 Å². The molecule has 9 heteroatoms. The minimum atomic E-state index is -2.30. The Bertz CT molecular complexity index is 716. The van der Waals surface area contributed by atoms with Crippen LogP contribution >= 0.6 is 104 Å². The van der Waals surface area contributed by atoms with Crippen LogP contribution in [-0.2, 0) is 4.33 Å². The molecule has 0 aliphatic rings. The molecule has 0 bridgehead atoms. The van der Waals surface area contributed by atoms with Crippen molar-refractivity contribution in [1.29, 1.82) is 0 Å². The predicted octanol–water partition coefficient (Wildman–Crippen LogP) is 8.19. The lowest BCUT2D eigenvalue weighted by Crippen LogP contribution is -2.54. The number of benzene rings is 2. The average molecular weight is 494 g/mol. The first-order valence-electron chi connectivity index (χ1n) is 6.02. The zero-order chi connectivity index (χ0) is 17.7. The van der Waals surface area contributed by atoms with Gasteiger partial charge in [0.25, 0.3) is 0 Å². The first-order valence-corrected chi connectivity index (χ1v) is 9.42. The highest BCUT2D eigenvalue weighted by atomic mass is 35.6. The Kier molecular flexibility index (Phi) is 6.10. The Morgan fingerprint density at radius 2 is 1.09 bits per heavy atom. The minimum absolute atomic E-state index is 0.351. The van der Waals surface area contributed by atoms with Crippen molar-refractivity contribution in [2.75, 3.05) is 0 Å². The summed E-state index contributed by atoms with van der Waals surface area (Å²) in [6.07, 6.45) is 0. The molecule has 0 atom stereocenters. The van der Waals surface area contributed by atoms with Gasteiger partial charge in [-0.25, -0.2) is 0 Å². The monoisotopic (exact) mass is 490 g/mol. The van der Waals surface area contributed by atoms with Gasteiger partial charge in [0, 0.05) is 0 Å². The number of alkyl halides is 9. The summed E-state index contributed by atoms with van der Waals surface area (Å²) in [7, 11) is 0. The number of halogens is 9. The molecular formula is C14H7Cl9. The van der Waals surface area contributed by atoms with Crippen molar-refractivity contribution in [2.45, 2.75) is 16.8 Å². The summed E-state index contributed by atoms with van der Waals surface area (Å²) in [5.41, 5.74) is 0.351. The van der Waals surface area contributed by atoms with Crippen molar-refractivity contribution in [2.24, 2.45) is 0 Å². The summed E-state index contributed by atoms with van der Waals surface area (Å²) in [6.45, 7) is 0. The Labute approximate surface area is 178 Å². The SMILES string of the molecule is ClC(Cl)(Cl)C(Cl)(Cl)C(Cl)(Cl)C(Cl)(Cl)c1ccc2ccccc2c1. The number of hydrogen-bond donors (Lipinski definition) is 0.